The number of likely N-dealkylation sites (tertiary alicyclic amines) is 1. The molecular formula is C32H32N2O8S. The van der Waals surface area contributed by atoms with Crippen molar-refractivity contribution in [3.05, 3.63) is 102 Å². The molecule has 0 aromatic heterocycles. The summed E-state index contributed by atoms with van der Waals surface area (Å²) >= 11 is 0.833. The van der Waals surface area contributed by atoms with Crippen LogP contribution in [-0.4, -0.2) is 56.9 Å². The average molecular weight is 605 g/mol. The maximum absolute atomic E-state index is 13.2. The van der Waals surface area contributed by atoms with Gasteiger partial charge in [-0.1, -0.05) is 84.6 Å². The summed E-state index contributed by atoms with van der Waals surface area (Å²) in [5, 5.41) is 11.2. The second kappa shape index (κ2) is 15.0. The molecule has 1 fully saturated rings. The molecular weight excluding hydrogens is 572 g/mol. The van der Waals surface area contributed by atoms with Crippen LogP contribution in [0.15, 0.2) is 84.9 Å². The Hall–Kier alpha value is -4.64. The number of aliphatic carboxylic acids is 1. The summed E-state index contributed by atoms with van der Waals surface area (Å²) in [5.41, 5.74) is 2.34. The molecule has 1 aliphatic heterocycles. The third-order valence-electron chi connectivity index (χ3n) is 6.90. The molecule has 0 saturated carbocycles. The first kappa shape index (κ1) is 31.3. The first-order valence-electron chi connectivity index (χ1n) is 13.7. The highest BCUT2D eigenvalue weighted by Gasteiger charge is 2.41. The minimum absolute atomic E-state index is 0.0704. The Morgan fingerprint density at radius 3 is 2.19 bits per heavy atom. The van der Waals surface area contributed by atoms with Gasteiger partial charge in [0.15, 0.2) is 5.12 Å². The van der Waals surface area contributed by atoms with Gasteiger partial charge in [-0.3, -0.25) is 14.4 Å². The number of ether oxygens (including phenoxy) is 2. The molecule has 1 saturated heterocycles. The monoisotopic (exact) mass is 604 g/mol. The van der Waals surface area contributed by atoms with E-state index in [4.69, 9.17) is 9.47 Å². The Labute approximate surface area is 253 Å². The molecule has 1 aliphatic rings. The van der Waals surface area contributed by atoms with E-state index in [1.165, 1.54) is 11.8 Å². The van der Waals surface area contributed by atoms with Crippen LogP contribution >= 0.6 is 11.8 Å². The fourth-order valence-corrected chi connectivity index (χ4v) is 5.78. The van der Waals surface area contributed by atoms with Gasteiger partial charge in [0.2, 0.25) is 11.8 Å². The number of hydrogen-bond acceptors (Lipinski definition) is 8. The van der Waals surface area contributed by atoms with E-state index in [9.17, 15) is 29.1 Å². The highest BCUT2D eigenvalue weighted by molar-refractivity contribution is 8.14. The number of thioether (sulfide) groups is 1. The van der Waals surface area contributed by atoms with Gasteiger partial charge >= 0.3 is 12.1 Å². The van der Waals surface area contributed by atoms with Crippen molar-refractivity contribution in [1.82, 2.24) is 10.2 Å². The van der Waals surface area contributed by atoms with Crippen molar-refractivity contribution >= 4 is 40.8 Å². The van der Waals surface area contributed by atoms with Crippen LogP contribution in [-0.2, 0) is 36.9 Å². The van der Waals surface area contributed by atoms with Crippen LogP contribution in [0.5, 0.6) is 5.75 Å². The molecule has 224 valence electrons. The predicted molar refractivity (Wildman–Crippen MR) is 159 cm³/mol. The lowest BCUT2D eigenvalue weighted by atomic mass is 10.0. The summed E-state index contributed by atoms with van der Waals surface area (Å²) in [6.07, 6.45) is 0.107. The summed E-state index contributed by atoms with van der Waals surface area (Å²) in [5.74, 6) is -1.89. The third-order valence-corrected chi connectivity index (χ3v) is 7.90. The minimum atomic E-state index is -1.10. The number of carboxylic acid groups (broad SMARTS) is 1. The molecule has 11 heteroatoms. The molecule has 2 N–H and O–H groups in total. The number of nitrogens with zero attached hydrogens (tertiary/aromatic N) is 1. The standard InChI is InChI=1S/C32H32N2O8S/c1-21(35)43-28(18-22-12-14-25(15-13-22)42-32(40)41-20-23-8-4-2-5-9-23)30(37)33-19-29(36)34-26(16-17-27(34)31(38)39)24-10-6-3-7-11-24/h2-15,26-28H,16-20H2,1H3,(H,33,37)(H,38,39). The predicted octanol–water partition coefficient (Wildman–Crippen LogP) is 4.53. The van der Waals surface area contributed by atoms with Crippen molar-refractivity contribution in [1.29, 1.82) is 0 Å². The zero-order valence-corrected chi connectivity index (χ0v) is 24.3. The van der Waals surface area contributed by atoms with Gasteiger partial charge in [-0.2, -0.15) is 0 Å². The van der Waals surface area contributed by atoms with Crippen LogP contribution in [0.25, 0.3) is 0 Å². The molecule has 43 heavy (non-hydrogen) atoms. The van der Waals surface area contributed by atoms with Crippen molar-refractivity contribution in [2.24, 2.45) is 0 Å². The highest BCUT2D eigenvalue weighted by Crippen LogP contribution is 2.36. The van der Waals surface area contributed by atoms with Crippen molar-refractivity contribution in [3.8, 4) is 5.75 Å². The molecule has 3 unspecified atom stereocenters. The third kappa shape index (κ3) is 8.92. The van der Waals surface area contributed by atoms with Gasteiger partial charge in [-0.15, -0.1) is 0 Å². The quantitative estimate of drug-likeness (QED) is 0.239. The lowest BCUT2D eigenvalue weighted by Gasteiger charge is -2.29. The summed E-state index contributed by atoms with van der Waals surface area (Å²) in [4.78, 5) is 63.5. The zero-order chi connectivity index (χ0) is 30.8. The molecule has 4 rings (SSSR count). The molecule has 2 amide bonds. The molecule has 0 spiro atoms. The normalized spacial score (nSPS) is 16.6. The average Bonchev–Trinajstić information content (AvgIpc) is 3.46. The minimum Gasteiger partial charge on any atom is -0.480 e. The number of hydrogen-bond donors (Lipinski definition) is 2. The summed E-state index contributed by atoms with van der Waals surface area (Å²) < 4.78 is 10.3. The number of amides is 2. The summed E-state index contributed by atoms with van der Waals surface area (Å²) in [6, 6.07) is 23.4. The van der Waals surface area contributed by atoms with Gasteiger partial charge in [0.25, 0.3) is 0 Å². The van der Waals surface area contributed by atoms with Gasteiger partial charge in [0.1, 0.15) is 18.4 Å². The lowest BCUT2D eigenvalue weighted by molar-refractivity contribution is -0.149. The number of nitrogens with one attached hydrogen (secondary N) is 1. The van der Waals surface area contributed by atoms with Crippen LogP contribution in [0.3, 0.4) is 0 Å². The van der Waals surface area contributed by atoms with Crippen LogP contribution in [0.4, 0.5) is 4.79 Å². The van der Waals surface area contributed by atoms with E-state index in [1.807, 2.05) is 60.7 Å². The van der Waals surface area contributed by atoms with Gasteiger partial charge in [0.05, 0.1) is 17.8 Å². The molecule has 0 radical (unpaired) electrons. The molecule has 10 nitrogen and oxygen atoms in total. The largest absolute Gasteiger partial charge is 0.514 e. The Kier molecular flexibility index (Phi) is 10.9. The molecule has 0 bridgehead atoms. The second-order valence-corrected chi connectivity index (χ2v) is 11.3. The maximum Gasteiger partial charge on any atom is 0.514 e. The Bertz CT molecular complexity index is 1430. The molecule has 0 aliphatic carbocycles. The van der Waals surface area contributed by atoms with Crippen LogP contribution in [0.1, 0.15) is 42.5 Å². The van der Waals surface area contributed by atoms with Gasteiger partial charge in [-0.25, -0.2) is 9.59 Å². The maximum atomic E-state index is 13.2. The first-order valence-corrected chi connectivity index (χ1v) is 14.6. The second-order valence-electron chi connectivity index (χ2n) is 9.95. The molecule has 3 aromatic carbocycles. The number of carboxylic acids is 1. The van der Waals surface area contributed by atoms with E-state index < -0.39 is 47.8 Å². The molecule has 3 aromatic rings. The van der Waals surface area contributed by atoms with E-state index in [0.717, 1.165) is 22.9 Å². The van der Waals surface area contributed by atoms with Crippen molar-refractivity contribution < 1.29 is 38.6 Å². The fraction of sp³-hybridized carbons (Fsp3) is 0.281. The van der Waals surface area contributed by atoms with Crippen LogP contribution < -0.4 is 10.1 Å². The zero-order valence-electron chi connectivity index (χ0n) is 23.5. The van der Waals surface area contributed by atoms with Gasteiger partial charge in [-0.05, 0) is 48.1 Å². The van der Waals surface area contributed by atoms with E-state index in [1.54, 1.807) is 24.3 Å². The Morgan fingerprint density at radius 1 is 0.907 bits per heavy atom. The van der Waals surface area contributed by atoms with Crippen molar-refractivity contribution in [2.45, 2.75) is 50.1 Å². The fourth-order valence-electron chi connectivity index (χ4n) is 4.91. The van der Waals surface area contributed by atoms with E-state index in [0.29, 0.717) is 18.4 Å². The Balaban J connectivity index is 1.34. The van der Waals surface area contributed by atoms with E-state index in [-0.39, 0.29) is 23.9 Å². The van der Waals surface area contributed by atoms with E-state index in [2.05, 4.69) is 5.32 Å². The molecule has 1 heterocycles. The van der Waals surface area contributed by atoms with Crippen molar-refractivity contribution in [2.75, 3.05) is 6.54 Å². The number of carbonyl (C=O) groups excluding carboxylic acids is 4. The van der Waals surface area contributed by atoms with Crippen LogP contribution in [0.2, 0.25) is 0 Å². The topological polar surface area (TPSA) is 139 Å². The van der Waals surface area contributed by atoms with E-state index >= 15 is 0 Å². The van der Waals surface area contributed by atoms with Crippen LogP contribution in [0, 0.1) is 0 Å². The number of rotatable bonds is 11. The number of carbonyl (C=O) groups is 5. The number of benzene rings is 3. The Morgan fingerprint density at radius 2 is 1.56 bits per heavy atom. The summed E-state index contributed by atoms with van der Waals surface area (Å²) in [6.45, 7) is 1.01. The SMILES string of the molecule is CC(=O)SC(Cc1ccc(OC(=O)OCc2ccccc2)cc1)C(=O)NCC(=O)N1C(C(=O)O)CCC1c1ccccc1. The highest BCUT2D eigenvalue weighted by atomic mass is 32.2. The van der Waals surface area contributed by atoms with Gasteiger partial charge in [0, 0.05) is 6.92 Å². The molecule has 3 atom stereocenters. The first-order chi connectivity index (χ1) is 20.7. The van der Waals surface area contributed by atoms with Gasteiger partial charge < -0.3 is 24.8 Å². The lowest BCUT2D eigenvalue weighted by Crippen LogP contribution is -2.47. The summed E-state index contributed by atoms with van der Waals surface area (Å²) in [7, 11) is 0. The smallest absolute Gasteiger partial charge is 0.480 e. The van der Waals surface area contributed by atoms with Crippen molar-refractivity contribution in [3.63, 3.8) is 0 Å².